The minimum absolute atomic E-state index is 0.0300. The first-order valence-corrected chi connectivity index (χ1v) is 10.2. The number of H-pyrrole nitrogens is 2. The van der Waals surface area contributed by atoms with Crippen LogP contribution in [0.3, 0.4) is 0 Å². The lowest BCUT2D eigenvalue weighted by Gasteiger charge is -2.23. The number of anilines is 1. The Morgan fingerprint density at radius 3 is 2.97 bits per heavy atom. The van der Waals surface area contributed by atoms with Crippen molar-refractivity contribution in [2.75, 3.05) is 44.9 Å². The third-order valence-electron chi connectivity index (χ3n) is 5.59. The molecule has 10 heteroatoms. The molecule has 4 aromatic heterocycles. The summed E-state index contributed by atoms with van der Waals surface area (Å²) in [6.07, 6.45) is 5.18. The average Bonchev–Trinajstić information content (AvgIpc) is 3.38. The van der Waals surface area contributed by atoms with Crippen LogP contribution in [-0.2, 0) is 16.0 Å². The summed E-state index contributed by atoms with van der Waals surface area (Å²) in [6, 6.07) is 3.91. The molecule has 5 rings (SSSR count). The van der Waals surface area contributed by atoms with Gasteiger partial charge in [-0.2, -0.15) is 0 Å². The van der Waals surface area contributed by atoms with Gasteiger partial charge in [-0.15, -0.1) is 0 Å². The Kier molecular flexibility index (Phi) is 5.18. The van der Waals surface area contributed by atoms with E-state index in [0.717, 1.165) is 27.8 Å². The maximum absolute atomic E-state index is 12.6. The quantitative estimate of drug-likeness (QED) is 0.424. The number of aromatic amines is 2. The molecule has 1 fully saturated rings. The largest absolute Gasteiger partial charge is 0.395 e. The number of rotatable bonds is 6. The molecule has 1 aliphatic heterocycles. The highest BCUT2D eigenvalue weighted by molar-refractivity contribution is 5.99. The van der Waals surface area contributed by atoms with Crippen molar-refractivity contribution in [3.05, 3.63) is 41.2 Å². The fourth-order valence-corrected chi connectivity index (χ4v) is 4.09. The van der Waals surface area contributed by atoms with Gasteiger partial charge in [0, 0.05) is 48.7 Å². The van der Waals surface area contributed by atoms with Crippen LogP contribution in [0.5, 0.6) is 0 Å². The SMILES string of the molecule is CN(CCO)c1c(-c2cnc3[nH]c(=O)n(C[C@H]4COCCO4)c3c2)cnc2[nH]ccc12. The normalized spacial score (nSPS) is 16.9. The van der Waals surface area contributed by atoms with Crippen LogP contribution in [0.4, 0.5) is 5.69 Å². The summed E-state index contributed by atoms with van der Waals surface area (Å²) >= 11 is 0. The number of imidazole rings is 1. The number of likely N-dealkylation sites (N-methyl/N-ethyl adjacent to an activating group) is 1. The van der Waals surface area contributed by atoms with Crippen molar-refractivity contribution in [2.45, 2.75) is 12.6 Å². The molecular weight excluding hydrogens is 400 g/mol. The van der Waals surface area contributed by atoms with Crippen molar-refractivity contribution in [3.63, 3.8) is 0 Å². The Balaban J connectivity index is 1.62. The van der Waals surface area contributed by atoms with Crippen molar-refractivity contribution >= 4 is 27.9 Å². The molecule has 162 valence electrons. The first-order valence-electron chi connectivity index (χ1n) is 10.2. The number of pyridine rings is 2. The molecule has 0 radical (unpaired) electrons. The van der Waals surface area contributed by atoms with Crippen molar-refractivity contribution in [3.8, 4) is 11.1 Å². The molecule has 3 N–H and O–H groups in total. The van der Waals surface area contributed by atoms with Crippen LogP contribution in [0.2, 0.25) is 0 Å². The number of hydrogen-bond donors (Lipinski definition) is 3. The molecule has 0 amide bonds. The van der Waals surface area contributed by atoms with Crippen molar-refractivity contribution < 1.29 is 14.6 Å². The van der Waals surface area contributed by atoms with Gasteiger partial charge in [0.05, 0.1) is 50.3 Å². The molecule has 10 nitrogen and oxygen atoms in total. The molecule has 0 unspecified atom stereocenters. The van der Waals surface area contributed by atoms with Crippen molar-refractivity contribution in [2.24, 2.45) is 0 Å². The third-order valence-corrected chi connectivity index (χ3v) is 5.59. The summed E-state index contributed by atoms with van der Waals surface area (Å²) in [4.78, 5) is 29.6. The van der Waals surface area contributed by atoms with Gasteiger partial charge in [-0.05, 0) is 12.1 Å². The summed E-state index contributed by atoms with van der Waals surface area (Å²) in [5.41, 5.74) is 4.39. The van der Waals surface area contributed by atoms with E-state index in [-0.39, 0.29) is 18.4 Å². The second-order valence-electron chi connectivity index (χ2n) is 7.61. The summed E-state index contributed by atoms with van der Waals surface area (Å²) in [6.45, 7) is 2.44. The van der Waals surface area contributed by atoms with E-state index in [4.69, 9.17) is 9.47 Å². The topological polar surface area (TPSA) is 121 Å². The highest BCUT2D eigenvalue weighted by Gasteiger charge is 2.20. The molecular formula is C21H24N6O4. The molecule has 0 aliphatic carbocycles. The van der Waals surface area contributed by atoms with Gasteiger partial charge in [0.15, 0.2) is 5.65 Å². The first kappa shape index (κ1) is 19.7. The van der Waals surface area contributed by atoms with Crippen molar-refractivity contribution in [1.29, 1.82) is 0 Å². The number of nitrogens with zero attached hydrogens (tertiary/aromatic N) is 4. The van der Waals surface area contributed by atoms with Crippen LogP contribution in [0.25, 0.3) is 33.3 Å². The van der Waals surface area contributed by atoms with E-state index < -0.39 is 0 Å². The standard InChI is InChI=1S/C21H24N6O4/c1-26(4-5-28)18-15-2-3-22-19(15)24-10-16(18)13-8-17-20(23-9-13)25-21(29)27(17)11-14-12-30-6-7-31-14/h2-3,8-10,14,28H,4-7,11-12H2,1H3,(H,22,24)(H,23,25,29)/t14-/m0/s1. The smallest absolute Gasteiger partial charge is 0.327 e. The average molecular weight is 424 g/mol. The zero-order chi connectivity index (χ0) is 21.4. The van der Waals surface area contributed by atoms with E-state index in [2.05, 4.69) is 19.9 Å². The minimum Gasteiger partial charge on any atom is -0.395 e. The molecule has 31 heavy (non-hydrogen) atoms. The van der Waals surface area contributed by atoms with Gasteiger partial charge in [0.25, 0.3) is 0 Å². The van der Waals surface area contributed by atoms with E-state index in [0.29, 0.717) is 44.1 Å². The molecule has 1 saturated heterocycles. The van der Waals surface area contributed by atoms with Gasteiger partial charge >= 0.3 is 5.69 Å². The number of aliphatic hydroxyl groups excluding tert-OH is 1. The molecule has 4 aromatic rings. The Morgan fingerprint density at radius 1 is 1.29 bits per heavy atom. The van der Waals surface area contributed by atoms with Gasteiger partial charge < -0.3 is 24.5 Å². The third kappa shape index (κ3) is 3.58. The summed E-state index contributed by atoms with van der Waals surface area (Å²) < 4.78 is 12.8. The number of aliphatic hydroxyl groups is 1. The minimum atomic E-state index is -0.231. The molecule has 0 saturated carbocycles. The van der Waals surface area contributed by atoms with Gasteiger partial charge in [-0.25, -0.2) is 14.8 Å². The monoisotopic (exact) mass is 424 g/mol. The van der Waals surface area contributed by atoms with Gasteiger partial charge in [0.1, 0.15) is 5.65 Å². The van der Waals surface area contributed by atoms with E-state index in [1.54, 1.807) is 17.0 Å². The van der Waals surface area contributed by atoms with Gasteiger partial charge in [-0.1, -0.05) is 0 Å². The highest BCUT2D eigenvalue weighted by atomic mass is 16.6. The lowest BCUT2D eigenvalue weighted by molar-refractivity contribution is -0.0934. The summed E-state index contributed by atoms with van der Waals surface area (Å²) in [7, 11) is 1.93. The van der Waals surface area contributed by atoms with Gasteiger partial charge in [-0.3, -0.25) is 9.55 Å². The van der Waals surface area contributed by atoms with Crippen LogP contribution < -0.4 is 10.6 Å². The van der Waals surface area contributed by atoms with Gasteiger partial charge in [0.2, 0.25) is 0 Å². The predicted octanol–water partition coefficient (Wildman–Crippen LogP) is 1.11. The highest BCUT2D eigenvalue weighted by Crippen LogP contribution is 2.36. The van der Waals surface area contributed by atoms with Crippen LogP contribution >= 0.6 is 0 Å². The van der Waals surface area contributed by atoms with E-state index in [9.17, 15) is 9.90 Å². The van der Waals surface area contributed by atoms with Crippen LogP contribution in [-0.4, -0.2) is 75.7 Å². The van der Waals surface area contributed by atoms with Crippen LogP contribution in [0, 0.1) is 0 Å². The molecule has 1 atom stereocenters. The van der Waals surface area contributed by atoms with E-state index in [1.165, 1.54) is 0 Å². The Morgan fingerprint density at radius 2 is 2.16 bits per heavy atom. The number of fused-ring (bicyclic) bond motifs is 2. The Labute approximate surface area is 177 Å². The molecule has 0 bridgehead atoms. The molecule has 0 spiro atoms. The zero-order valence-electron chi connectivity index (χ0n) is 17.2. The second kappa shape index (κ2) is 8.14. The number of hydrogen-bond acceptors (Lipinski definition) is 7. The fourth-order valence-electron chi connectivity index (χ4n) is 4.09. The van der Waals surface area contributed by atoms with Crippen LogP contribution in [0.15, 0.2) is 35.5 Å². The summed E-state index contributed by atoms with van der Waals surface area (Å²) in [5, 5.41) is 10.4. The predicted molar refractivity (Wildman–Crippen MR) is 116 cm³/mol. The maximum Gasteiger partial charge on any atom is 0.327 e. The maximum atomic E-state index is 12.6. The van der Waals surface area contributed by atoms with Crippen LogP contribution in [0.1, 0.15) is 0 Å². The molecule has 0 aromatic carbocycles. The Hall–Kier alpha value is -3.21. The lowest BCUT2D eigenvalue weighted by atomic mass is 10.0. The number of ether oxygens (including phenoxy) is 2. The first-order chi connectivity index (χ1) is 15.2. The fraction of sp³-hybridized carbons (Fsp3) is 0.381. The Bertz CT molecular complexity index is 1270. The zero-order valence-corrected chi connectivity index (χ0v) is 17.2. The number of nitrogens with one attached hydrogen (secondary N) is 2. The van der Waals surface area contributed by atoms with E-state index in [1.807, 2.05) is 30.3 Å². The second-order valence-corrected chi connectivity index (χ2v) is 7.61. The van der Waals surface area contributed by atoms with Crippen molar-refractivity contribution in [1.82, 2.24) is 24.5 Å². The van der Waals surface area contributed by atoms with E-state index >= 15 is 0 Å². The molecule has 1 aliphatic rings. The number of aromatic nitrogens is 5. The summed E-state index contributed by atoms with van der Waals surface area (Å²) in [5.74, 6) is 0. The lowest BCUT2D eigenvalue weighted by Crippen LogP contribution is -2.34. The molecule has 5 heterocycles.